The molecule has 27 heavy (non-hydrogen) atoms. The van der Waals surface area contributed by atoms with Gasteiger partial charge < -0.3 is 24.2 Å². The molecule has 144 valence electrons. The number of nitro groups is 1. The van der Waals surface area contributed by atoms with E-state index in [4.69, 9.17) is 4.74 Å². The lowest BCUT2D eigenvalue weighted by Gasteiger charge is -2.15. The molecular formula is C17H16F3N3O4. The van der Waals surface area contributed by atoms with E-state index in [1.165, 1.54) is 47.2 Å². The number of nitrogens with zero attached hydrogens (tertiary/aromatic N) is 3. The number of aromatic nitrogens is 2. The molecule has 0 aliphatic carbocycles. The molecular weight excluding hydrogens is 367 g/mol. The van der Waals surface area contributed by atoms with Crippen LogP contribution < -0.4 is 4.74 Å². The highest BCUT2D eigenvalue weighted by atomic mass is 19.4. The number of imidazole rings is 1. The van der Waals surface area contributed by atoms with E-state index in [0.29, 0.717) is 11.4 Å². The van der Waals surface area contributed by atoms with E-state index in [-0.39, 0.29) is 24.7 Å². The van der Waals surface area contributed by atoms with E-state index in [2.05, 4.69) is 22.9 Å². The fourth-order valence-electron chi connectivity index (χ4n) is 2.19. The predicted molar refractivity (Wildman–Crippen MR) is 90.9 cm³/mol. The molecule has 1 aromatic carbocycles. The van der Waals surface area contributed by atoms with Gasteiger partial charge in [-0.05, 0) is 27.6 Å². The van der Waals surface area contributed by atoms with Crippen molar-refractivity contribution in [3.63, 3.8) is 0 Å². The summed E-state index contributed by atoms with van der Waals surface area (Å²) in [6, 6.07) is 5.26. The second-order valence-electron chi connectivity index (χ2n) is 5.35. The average Bonchev–Trinajstić information content (AvgIpc) is 3.01. The smallest absolute Gasteiger partial charge is 0.406 e. The Morgan fingerprint density at radius 1 is 1.30 bits per heavy atom. The van der Waals surface area contributed by atoms with E-state index < -0.39 is 17.4 Å². The predicted octanol–water partition coefficient (Wildman–Crippen LogP) is 4.10. The molecule has 0 aliphatic rings. The highest BCUT2D eigenvalue weighted by molar-refractivity contribution is 5.40. The third-order valence-corrected chi connectivity index (χ3v) is 3.42. The summed E-state index contributed by atoms with van der Waals surface area (Å²) in [5.74, 6) is -0.327. The van der Waals surface area contributed by atoms with Gasteiger partial charge in [-0.15, -0.1) is 19.8 Å². The van der Waals surface area contributed by atoms with Crippen molar-refractivity contribution in [2.24, 2.45) is 0 Å². The minimum absolute atomic E-state index is 0.100. The third-order valence-electron chi connectivity index (χ3n) is 3.42. The maximum atomic E-state index is 12.1. The van der Waals surface area contributed by atoms with Gasteiger partial charge in [-0.3, -0.25) is 0 Å². The second kappa shape index (κ2) is 8.49. The van der Waals surface area contributed by atoms with E-state index >= 15 is 0 Å². The van der Waals surface area contributed by atoms with Gasteiger partial charge in [0.2, 0.25) is 5.82 Å². The van der Waals surface area contributed by atoms with Crippen LogP contribution in [-0.4, -0.2) is 26.9 Å². The number of hydrogen-bond donors (Lipinski definition) is 0. The lowest BCUT2D eigenvalue weighted by molar-refractivity contribution is -0.389. The summed E-state index contributed by atoms with van der Waals surface area (Å²) in [5, 5.41) is 10.8. The van der Waals surface area contributed by atoms with Gasteiger partial charge in [0.1, 0.15) is 11.9 Å². The topological polar surface area (TPSA) is 79.4 Å². The summed E-state index contributed by atoms with van der Waals surface area (Å²) in [6.45, 7) is 7.53. The zero-order valence-corrected chi connectivity index (χ0v) is 14.1. The van der Waals surface area contributed by atoms with Gasteiger partial charge in [0.25, 0.3) is 0 Å². The molecule has 0 amide bonds. The van der Waals surface area contributed by atoms with Crippen molar-refractivity contribution in [2.75, 3.05) is 0 Å². The van der Waals surface area contributed by atoms with Crippen molar-refractivity contribution >= 4 is 11.9 Å². The van der Waals surface area contributed by atoms with Gasteiger partial charge in [0, 0.05) is 6.08 Å². The molecule has 1 heterocycles. The molecule has 1 aromatic heterocycles. The zero-order chi connectivity index (χ0) is 20.0. The van der Waals surface area contributed by atoms with E-state index in [1.54, 1.807) is 0 Å². The summed E-state index contributed by atoms with van der Waals surface area (Å²) < 4.78 is 47.4. The molecule has 0 aliphatic heterocycles. The Bertz CT molecular complexity index is 816. The van der Waals surface area contributed by atoms with Gasteiger partial charge in [0.05, 0.1) is 19.3 Å². The molecule has 0 fully saturated rings. The molecule has 7 nitrogen and oxygen atoms in total. The number of ether oxygens (including phenoxy) is 2. The lowest BCUT2D eigenvalue weighted by Crippen LogP contribution is -2.18. The van der Waals surface area contributed by atoms with Gasteiger partial charge >= 0.3 is 12.2 Å². The minimum Gasteiger partial charge on any atom is -0.406 e. The fraction of sp³-hybridized carbons (Fsp3) is 0.235. The number of halogens is 3. The molecule has 0 unspecified atom stereocenters. The normalized spacial score (nSPS) is 12.4. The molecule has 0 N–H and O–H groups in total. The Balaban J connectivity index is 1.98. The SMILES string of the molecule is C=Cc1nc([N+](=O)[O-])cn1C[C@@H](C=C)OCc1ccc(OC(F)(F)F)cc1. The first-order valence-corrected chi connectivity index (χ1v) is 7.64. The van der Waals surface area contributed by atoms with Crippen LogP contribution in [0.25, 0.3) is 6.08 Å². The summed E-state index contributed by atoms with van der Waals surface area (Å²) >= 11 is 0. The molecule has 0 saturated heterocycles. The first kappa shape index (κ1) is 20.2. The molecule has 2 rings (SSSR count). The maximum absolute atomic E-state index is 12.1. The molecule has 0 bridgehead atoms. The summed E-state index contributed by atoms with van der Waals surface area (Å²) in [4.78, 5) is 14.0. The Hall–Kier alpha value is -3.14. The zero-order valence-electron chi connectivity index (χ0n) is 14.1. The highest BCUT2D eigenvalue weighted by Gasteiger charge is 2.30. The van der Waals surface area contributed by atoms with Crippen molar-refractivity contribution in [3.05, 3.63) is 71.2 Å². The van der Waals surface area contributed by atoms with Crippen LogP contribution in [0, 0.1) is 10.1 Å². The minimum atomic E-state index is -4.75. The van der Waals surface area contributed by atoms with Gasteiger partial charge in [-0.25, -0.2) is 0 Å². The van der Waals surface area contributed by atoms with Crippen LogP contribution in [0.3, 0.4) is 0 Å². The van der Waals surface area contributed by atoms with Crippen LogP contribution in [0.15, 0.2) is 49.7 Å². The van der Waals surface area contributed by atoms with Crippen LogP contribution in [0.4, 0.5) is 19.0 Å². The van der Waals surface area contributed by atoms with Crippen molar-refractivity contribution in [1.82, 2.24) is 9.55 Å². The Kier molecular flexibility index (Phi) is 6.35. The largest absolute Gasteiger partial charge is 0.573 e. The highest BCUT2D eigenvalue weighted by Crippen LogP contribution is 2.23. The van der Waals surface area contributed by atoms with Crippen LogP contribution >= 0.6 is 0 Å². The monoisotopic (exact) mass is 383 g/mol. The molecule has 1 atom stereocenters. The molecule has 10 heteroatoms. The van der Waals surface area contributed by atoms with Crippen LogP contribution in [-0.2, 0) is 17.9 Å². The van der Waals surface area contributed by atoms with Crippen molar-refractivity contribution in [1.29, 1.82) is 0 Å². The van der Waals surface area contributed by atoms with Gasteiger partial charge in [0.15, 0.2) is 0 Å². The van der Waals surface area contributed by atoms with Crippen molar-refractivity contribution < 1.29 is 27.6 Å². The van der Waals surface area contributed by atoms with Gasteiger partial charge in [-0.1, -0.05) is 24.8 Å². The van der Waals surface area contributed by atoms with Crippen LogP contribution in [0.1, 0.15) is 11.4 Å². The van der Waals surface area contributed by atoms with Gasteiger partial charge in [-0.2, -0.15) is 0 Å². The maximum Gasteiger partial charge on any atom is 0.573 e. The molecule has 0 radical (unpaired) electrons. The summed E-state index contributed by atoms with van der Waals surface area (Å²) in [7, 11) is 0. The van der Waals surface area contributed by atoms with Crippen LogP contribution in [0.2, 0.25) is 0 Å². The van der Waals surface area contributed by atoms with Crippen molar-refractivity contribution in [3.8, 4) is 5.75 Å². The standard InChI is InChI=1S/C17H16F3N3O4/c1-3-13(9-22-10-16(23(24)25)21-15(22)4-2)26-11-12-5-7-14(8-6-12)27-17(18,19)20/h3-8,10,13H,1-2,9,11H2/t13-/m1/s1. The number of rotatable bonds is 9. The Morgan fingerprint density at radius 3 is 2.48 bits per heavy atom. The average molecular weight is 383 g/mol. The second-order valence-corrected chi connectivity index (χ2v) is 5.35. The Labute approximate surface area is 152 Å². The van der Waals surface area contributed by atoms with E-state index in [1.807, 2.05) is 0 Å². The first-order chi connectivity index (χ1) is 12.7. The fourth-order valence-corrected chi connectivity index (χ4v) is 2.19. The molecule has 0 saturated carbocycles. The van der Waals surface area contributed by atoms with E-state index in [9.17, 15) is 23.3 Å². The number of alkyl halides is 3. The lowest BCUT2D eigenvalue weighted by atomic mass is 10.2. The first-order valence-electron chi connectivity index (χ1n) is 7.64. The number of hydrogen-bond acceptors (Lipinski definition) is 5. The Morgan fingerprint density at radius 2 is 1.96 bits per heavy atom. The number of benzene rings is 1. The summed E-state index contributed by atoms with van der Waals surface area (Å²) in [6.07, 6.45) is -1.10. The van der Waals surface area contributed by atoms with Crippen LogP contribution in [0.5, 0.6) is 5.75 Å². The van der Waals surface area contributed by atoms with Crippen molar-refractivity contribution in [2.45, 2.75) is 25.6 Å². The summed E-state index contributed by atoms with van der Waals surface area (Å²) in [5.41, 5.74) is 0.622. The van der Waals surface area contributed by atoms with E-state index in [0.717, 1.165) is 0 Å². The third kappa shape index (κ3) is 5.96. The molecule has 0 spiro atoms. The molecule has 2 aromatic rings. The quantitative estimate of drug-likeness (QED) is 0.370.